The van der Waals surface area contributed by atoms with Crippen LogP contribution in [0.1, 0.15) is 25.6 Å². The molecule has 0 bridgehead atoms. The second-order valence-electron chi connectivity index (χ2n) is 5.86. The van der Waals surface area contributed by atoms with Gasteiger partial charge in [0.25, 0.3) is 0 Å². The molecular formula is C18H15F2N3O3. The van der Waals surface area contributed by atoms with E-state index in [1.54, 1.807) is 30.5 Å². The van der Waals surface area contributed by atoms with Crippen LogP contribution in [0.3, 0.4) is 0 Å². The van der Waals surface area contributed by atoms with Gasteiger partial charge in [-0.15, -0.1) is 0 Å². The second-order valence-corrected chi connectivity index (χ2v) is 5.86. The van der Waals surface area contributed by atoms with E-state index in [4.69, 9.17) is 9.15 Å². The summed E-state index contributed by atoms with van der Waals surface area (Å²) in [7, 11) is 0. The first-order valence-corrected chi connectivity index (χ1v) is 8.06. The zero-order valence-corrected chi connectivity index (χ0v) is 14.0. The van der Waals surface area contributed by atoms with E-state index in [0.29, 0.717) is 28.5 Å². The number of halogens is 2. The number of aromatic nitrogens is 2. The molecule has 0 saturated carbocycles. The number of nitrogens with zero attached hydrogens (tertiary/aromatic N) is 2. The van der Waals surface area contributed by atoms with Crippen molar-refractivity contribution in [3.05, 3.63) is 59.2 Å². The van der Waals surface area contributed by atoms with Gasteiger partial charge in [-0.25, -0.2) is 18.6 Å². The summed E-state index contributed by atoms with van der Waals surface area (Å²) in [6.45, 7) is 3.63. The van der Waals surface area contributed by atoms with Gasteiger partial charge in [0.15, 0.2) is 11.6 Å². The summed E-state index contributed by atoms with van der Waals surface area (Å²) < 4.78 is 39.8. The number of ether oxygens (including phenoxy) is 1. The number of imidazole rings is 1. The molecule has 0 spiro atoms. The van der Waals surface area contributed by atoms with Crippen LogP contribution in [0.4, 0.5) is 14.7 Å². The lowest BCUT2D eigenvalue weighted by atomic mass is 10.00. The van der Waals surface area contributed by atoms with Gasteiger partial charge in [-0.1, -0.05) is 0 Å². The van der Waals surface area contributed by atoms with Crippen LogP contribution in [0.25, 0.3) is 11.0 Å². The van der Waals surface area contributed by atoms with Crippen molar-refractivity contribution in [2.24, 2.45) is 0 Å². The van der Waals surface area contributed by atoms with Crippen LogP contribution in [-0.4, -0.2) is 22.1 Å². The maximum absolute atomic E-state index is 13.9. The summed E-state index contributed by atoms with van der Waals surface area (Å²) in [5, 5.41) is 3.01. The van der Waals surface area contributed by atoms with Crippen molar-refractivity contribution in [1.82, 2.24) is 9.55 Å². The summed E-state index contributed by atoms with van der Waals surface area (Å²) in [5.74, 6) is -1.69. The Morgan fingerprint density at radius 1 is 1.38 bits per heavy atom. The van der Waals surface area contributed by atoms with E-state index >= 15 is 0 Å². The Hall–Kier alpha value is -3.16. The summed E-state index contributed by atoms with van der Waals surface area (Å²) >= 11 is 0. The van der Waals surface area contributed by atoms with Crippen LogP contribution in [0, 0.1) is 11.6 Å². The Morgan fingerprint density at radius 3 is 2.85 bits per heavy atom. The lowest BCUT2D eigenvalue weighted by Gasteiger charge is -2.28. The molecule has 0 aliphatic carbocycles. The molecule has 0 fully saturated rings. The Bertz CT molecular complexity index is 1040. The maximum Gasteiger partial charge on any atom is 0.338 e. The number of anilines is 1. The molecule has 6 nitrogen and oxygen atoms in total. The van der Waals surface area contributed by atoms with Crippen molar-refractivity contribution in [3.63, 3.8) is 0 Å². The molecule has 3 aromatic rings. The highest BCUT2D eigenvalue weighted by molar-refractivity contribution is 5.93. The van der Waals surface area contributed by atoms with Gasteiger partial charge < -0.3 is 14.5 Å². The van der Waals surface area contributed by atoms with Crippen LogP contribution in [0.2, 0.25) is 0 Å². The highest BCUT2D eigenvalue weighted by atomic mass is 19.2. The predicted molar refractivity (Wildman–Crippen MR) is 89.5 cm³/mol. The van der Waals surface area contributed by atoms with E-state index < -0.39 is 23.6 Å². The molecule has 3 heterocycles. The molecule has 1 aliphatic rings. The van der Waals surface area contributed by atoms with Crippen molar-refractivity contribution in [1.29, 1.82) is 0 Å². The van der Waals surface area contributed by atoms with E-state index in [9.17, 15) is 13.6 Å². The minimum atomic E-state index is -0.998. The first-order valence-electron chi connectivity index (χ1n) is 8.06. The zero-order chi connectivity index (χ0) is 18.4. The third-order valence-electron chi connectivity index (χ3n) is 4.27. The van der Waals surface area contributed by atoms with Gasteiger partial charge in [0.05, 0.1) is 29.5 Å². The minimum Gasteiger partial charge on any atom is -0.467 e. The average Bonchev–Trinajstić information content (AvgIpc) is 3.22. The summed E-state index contributed by atoms with van der Waals surface area (Å²) in [6, 6.07) is 4.76. The second kappa shape index (κ2) is 5.98. The molecule has 0 saturated heterocycles. The van der Waals surface area contributed by atoms with Crippen molar-refractivity contribution in [2.75, 3.05) is 11.9 Å². The third kappa shape index (κ3) is 2.37. The van der Waals surface area contributed by atoms with Gasteiger partial charge >= 0.3 is 5.97 Å². The van der Waals surface area contributed by atoms with E-state index in [1.165, 1.54) is 6.26 Å². The summed E-state index contributed by atoms with van der Waals surface area (Å²) in [4.78, 5) is 16.9. The number of benzene rings is 1. The molecule has 1 N–H and O–H groups in total. The van der Waals surface area contributed by atoms with Gasteiger partial charge in [-0.2, -0.15) is 0 Å². The number of rotatable bonds is 3. The summed E-state index contributed by atoms with van der Waals surface area (Å²) in [6.07, 6.45) is 1.48. The van der Waals surface area contributed by atoms with E-state index in [-0.39, 0.29) is 12.1 Å². The number of nitrogens with one attached hydrogen (secondary N) is 1. The van der Waals surface area contributed by atoms with Crippen LogP contribution in [0.15, 0.2) is 46.2 Å². The number of fused-ring (bicyclic) bond motifs is 3. The van der Waals surface area contributed by atoms with Gasteiger partial charge in [0, 0.05) is 17.8 Å². The Labute approximate surface area is 147 Å². The molecule has 2 aromatic heterocycles. The fourth-order valence-electron chi connectivity index (χ4n) is 3.20. The number of esters is 1. The molecule has 0 amide bonds. The highest BCUT2D eigenvalue weighted by Crippen LogP contribution is 2.40. The fourth-order valence-corrected chi connectivity index (χ4v) is 3.20. The van der Waals surface area contributed by atoms with E-state index in [2.05, 4.69) is 10.3 Å². The SMILES string of the molecule is CCOC(=O)C1=C(C)Nc2nc3cc(F)c(F)cc3n2C1c1ccco1. The van der Waals surface area contributed by atoms with Crippen molar-refractivity contribution >= 4 is 23.0 Å². The van der Waals surface area contributed by atoms with Crippen LogP contribution in [0.5, 0.6) is 0 Å². The van der Waals surface area contributed by atoms with Crippen molar-refractivity contribution in [2.45, 2.75) is 19.9 Å². The monoisotopic (exact) mass is 359 g/mol. The van der Waals surface area contributed by atoms with Gasteiger partial charge in [-0.05, 0) is 26.0 Å². The van der Waals surface area contributed by atoms with E-state index in [1.807, 2.05) is 0 Å². The number of carbonyl (C=O) groups excluding carboxylic acids is 1. The first-order chi connectivity index (χ1) is 12.5. The zero-order valence-electron chi connectivity index (χ0n) is 14.0. The summed E-state index contributed by atoms with van der Waals surface area (Å²) in [5.41, 5.74) is 1.45. The molecule has 1 unspecified atom stereocenters. The van der Waals surface area contributed by atoms with Crippen molar-refractivity contribution < 1.29 is 22.7 Å². The van der Waals surface area contributed by atoms with Gasteiger partial charge in [0.2, 0.25) is 5.95 Å². The maximum atomic E-state index is 13.9. The lowest BCUT2D eigenvalue weighted by molar-refractivity contribution is -0.139. The number of allylic oxidation sites excluding steroid dienone is 1. The number of hydrogen-bond donors (Lipinski definition) is 1. The Morgan fingerprint density at radius 2 is 2.15 bits per heavy atom. The smallest absolute Gasteiger partial charge is 0.338 e. The molecule has 1 aliphatic heterocycles. The van der Waals surface area contributed by atoms with Crippen LogP contribution in [-0.2, 0) is 9.53 Å². The quantitative estimate of drug-likeness (QED) is 0.721. The molecule has 134 valence electrons. The first kappa shape index (κ1) is 16.3. The molecule has 0 radical (unpaired) electrons. The van der Waals surface area contributed by atoms with E-state index in [0.717, 1.165) is 12.1 Å². The number of furan rings is 1. The highest BCUT2D eigenvalue weighted by Gasteiger charge is 2.36. The standard InChI is InChI=1S/C18H15F2N3O3/c1-3-25-17(24)15-9(2)21-18-22-12-7-10(19)11(20)8-13(12)23(18)16(15)14-5-4-6-26-14/h4-8,16H,3H2,1-2H3,(H,21,22). The molecular weight excluding hydrogens is 344 g/mol. The minimum absolute atomic E-state index is 0.206. The van der Waals surface area contributed by atoms with Crippen LogP contribution >= 0.6 is 0 Å². The number of hydrogen-bond acceptors (Lipinski definition) is 5. The van der Waals surface area contributed by atoms with Crippen molar-refractivity contribution in [3.8, 4) is 0 Å². The third-order valence-corrected chi connectivity index (χ3v) is 4.27. The lowest BCUT2D eigenvalue weighted by Crippen LogP contribution is -2.28. The Balaban J connectivity index is 1.99. The number of carbonyl (C=O) groups is 1. The fraction of sp³-hybridized carbons (Fsp3) is 0.222. The van der Waals surface area contributed by atoms with Gasteiger partial charge in [0.1, 0.15) is 11.8 Å². The largest absolute Gasteiger partial charge is 0.467 e. The topological polar surface area (TPSA) is 69.3 Å². The normalized spacial score (nSPS) is 16.5. The Kier molecular flexibility index (Phi) is 3.75. The predicted octanol–water partition coefficient (Wildman–Crippen LogP) is 3.76. The van der Waals surface area contributed by atoms with Gasteiger partial charge in [-0.3, -0.25) is 4.57 Å². The van der Waals surface area contributed by atoms with Crippen LogP contribution < -0.4 is 5.32 Å². The molecule has 4 rings (SSSR count). The molecule has 1 atom stereocenters. The molecule has 8 heteroatoms. The molecule has 26 heavy (non-hydrogen) atoms. The average molecular weight is 359 g/mol. The molecule has 1 aromatic carbocycles.